The van der Waals surface area contributed by atoms with Crippen molar-refractivity contribution in [2.24, 2.45) is 0 Å². The van der Waals surface area contributed by atoms with Crippen molar-refractivity contribution >= 4 is 83.2 Å². The Morgan fingerprint density at radius 1 is 1.00 bits per heavy atom. The smallest absolute Gasteiger partial charge is 0.257 e. The van der Waals surface area contributed by atoms with Crippen LogP contribution in [0.3, 0.4) is 0 Å². The first-order valence-corrected chi connectivity index (χ1v) is 12.4. The van der Waals surface area contributed by atoms with Crippen molar-refractivity contribution in [1.82, 2.24) is 15.3 Å². The summed E-state index contributed by atoms with van der Waals surface area (Å²) in [5.74, 6) is 0.735. The molecule has 2 heterocycles. The molecule has 0 fully saturated rings. The van der Waals surface area contributed by atoms with Gasteiger partial charge in [-0.15, -0.1) is 11.3 Å². The molecule has 4 aromatic rings. The van der Waals surface area contributed by atoms with Crippen LogP contribution < -0.4 is 24.8 Å². The lowest BCUT2D eigenvalue weighted by molar-refractivity contribution is 0.0977. The average Bonchev–Trinajstić information content (AvgIpc) is 3.40. The van der Waals surface area contributed by atoms with Crippen molar-refractivity contribution in [1.29, 1.82) is 0 Å². The molecule has 32 heavy (non-hydrogen) atoms. The minimum atomic E-state index is -0.419. The second-order valence-electron chi connectivity index (χ2n) is 6.29. The number of carbonyl (C=O) groups is 1. The zero-order valence-electron chi connectivity index (χ0n) is 17.5. The number of ether oxygens (including phenoxy) is 3. The number of amides is 1. The van der Waals surface area contributed by atoms with Gasteiger partial charge in [-0.05, 0) is 42.7 Å². The summed E-state index contributed by atoms with van der Waals surface area (Å²) in [5.41, 5.74) is 2.10. The molecule has 1 amide bonds. The van der Waals surface area contributed by atoms with Crippen molar-refractivity contribution < 1.29 is 19.0 Å². The van der Waals surface area contributed by atoms with Gasteiger partial charge in [-0.25, -0.2) is 9.97 Å². The van der Waals surface area contributed by atoms with Crippen LogP contribution in [0.5, 0.6) is 17.2 Å². The van der Waals surface area contributed by atoms with Gasteiger partial charge in [0.05, 0.1) is 41.8 Å². The predicted molar refractivity (Wildman–Crippen MR) is 134 cm³/mol. The predicted octanol–water partition coefficient (Wildman–Crippen LogP) is 4.78. The highest BCUT2D eigenvalue weighted by atomic mass is 32.2. The van der Waals surface area contributed by atoms with E-state index in [1.54, 1.807) is 35.2 Å². The Morgan fingerprint density at radius 2 is 1.62 bits per heavy atom. The highest BCUT2D eigenvalue weighted by molar-refractivity contribution is 8.00. The maximum atomic E-state index is 12.7. The van der Waals surface area contributed by atoms with Crippen molar-refractivity contribution in [3.05, 3.63) is 29.8 Å². The Bertz CT molecular complexity index is 1310. The molecule has 2 N–H and O–H groups in total. The molecule has 0 aliphatic heterocycles. The summed E-state index contributed by atoms with van der Waals surface area (Å²) >= 11 is 10.0. The number of nitrogens with zero attached hydrogens (tertiary/aromatic N) is 2. The third-order valence-electron chi connectivity index (χ3n) is 4.44. The number of aromatic nitrogens is 2. The summed E-state index contributed by atoms with van der Waals surface area (Å²) < 4.78 is 19.0. The van der Waals surface area contributed by atoms with E-state index in [2.05, 4.69) is 20.6 Å². The van der Waals surface area contributed by atoms with Gasteiger partial charge < -0.3 is 19.5 Å². The lowest BCUT2D eigenvalue weighted by Gasteiger charge is -2.14. The number of benzene rings is 2. The van der Waals surface area contributed by atoms with Crippen LogP contribution >= 0.6 is 46.7 Å². The summed E-state index contributed by atoms with van der Waals surface area (Å²) in [7, 11) is 4.47. The largest absolute Gasteiger partial charge is 0.493 e. The number of fused-ring (bicyclic) bond motifs is 3. The molecule has 0 spiro atoms. The standard InChI is InChI=1S/C20H18N4O4S4/c1-26-12-7-9(8-13(27-2)14(12)28-3)17(25)23-18(29)24-19-21-10-5-6-11-16(15(10)31-19)32-20(22-11)30-4/h5-8H,1-4H3,(H2,21,23,24,25,29). The van der Waals surface area contributed by atoms with Crippen LogP contribution in [0.15, 0.2) is 28.6 Å². The summed E-state index contributed by atoms with van der Waals surface area (Å²) in [5, 5.41) is 6.38. The molecule has 0 aliphatic carbocycles. The number of nitrogens with one attached hydrogen (secondary N) is 2. The van der Waals surface area contributed by atoms with E-state index in [0.717, 1.165) is 24.8 Å². The van der Waals surface area contributed by atoms with Gasteiger partial charge in [0, 0.05) is 5.56 Å². The van der Waals surface area contributed by atoms with E-state index in [1.807, 2.05) is 18.4 Å². The maximum absolute atomic E-state index is 12.7. The van der Waals surface area contributed by atoms with Gasteiger partial charge in [-0.1, -0.05) is 23.1 Å². The Hall–Kier alpha value is -2.67. The molecule has 166 valence electrons. The Morgan fingerprint density at radius 3 is 2.22 bits per heavy atom. The number of hydrogen-bond donors (Lipinski definition) is 2. The number of anilines is 1. The first-order chi connectivity index (χ1) is 15.5. The molecule has 0 unspecified atom stereocenters. The number of thioether (sulfide) groups is 1. The lowest BCUT2D eigenvalue weighted by Crippen LogP contribution is -2.34. The van der Waals surface area contributed by atoms with Crippen LogP contribution in [0.2, 0.25) is 0 Å². The first-order valence-electron chi connectivity index (χ1n) is 9.13. The van der Waals surface area contributed by atoms with Gasteiger partial charge in [0.1, 0.15) is 0 Å². The van der Waals surface area contributed by atoms with E-state index in [0.29, 0.717) is 27.9 Å². The van der Waals surface area contributed by atoms with Crippen LogP contribution in [-0.2, 0) is 0 Å². The van der Waals surface area contributed by atoms with E-state index in [9.17, 15) is 4.79 Å². The number of thiocarbonyl (C=S) groups is 1. The third kappa shape index (κ3) is 4.31. The second-order valence-corrected chi connectivity index (χ2v) is 9.75. The van der Waals surface area contributed by atoms with Crippen LogP contribution in [-0.4, -0.2) is 48.6 Å². The number of thiazole rings is 2. The minimum absolute atomic E-state index is 0.133. The number of rotatable bonds is 6. The van der Waals surface area contributed by atoms with Gasteiger partial charge in [0.2, 0.25) is 5.75 Å². The number of carbonyl (C=O) groups excluding carboxylic acids is 1. The van der Waals surface area contributed by atoms with Crippen LogP contribution in [0.4, 0.5) is 5.13 Å². The molecule has 0 saturated heterocycles. The highest BCUT2D eigenvalue weighted by Gasteiger charge is 2.18. The second kappa shape index (κ2) is 9.45. The third-order valence-corrected chi connectivity index (χ3v) is 7.85. The van der Waals surface area contributed by atoms with Crippen LogP contribution in [0.1, 0.15) is 10.4 Å². The average molecular weight is 507 g/mol. The van der Waals surface area contributed by atoms with E-state index in [1.165, 1.54) is 32.7 Å². The zero-order valence-corrected chi connectivity index (χ0v) is 20.7. The van der Waals surface area contributed by atoms with Gasteiger partial charge in [0.25, 0.3) is 5.91 Å². The van der Waals surface area contributed by atoms with E-state index >= 15 is 0 Å². The molecule has 0 bridgehead atoms. The molecule has 2 aromatic carbocycles. The monoisotopic (exact) mass is 506 g/mol. The molecule has 0 radical (unpaired) electrons. The summed E-state index contributed by atoms with van der Waals surface area (Å²) in [6.45, 7) is 0. The molecular formula is C20H18N4O4S4. The quantitative estimate of drug-likeness (QED) is 0.283. The fraction of sp³-hybridized carbons (Fsp3) is 0.200. The SMILES string of the molecule is COc1cc(C(=O)NC(=S)Nc2nc3ccc4nc(SC)sc4c3s2)cc(OC)c1OC. The van der Waals surface area contributed by atoms with Gasteiger partial charge >= 0.3 is 0 Å². The van der Waals surface area contributed by atoms with E-state index in [4.69, 9.17) is 26.4 Å². The van der Waals surface area contributed by atoms with Crippen LogP contribution in [0.25, 0.3) is 20.4 Å². The van der Waals surface area contributed by atoms with Gasteiger partial charge in [-0.3, -0.25) is 10.1 Å². The normalized spacial score (nSPS) is 10.9. The summed E-state index contributed by atoms with van der Waals surface area (Å²) in [4.78, 5) is 21.9. The number of methoxy groups -OCH3 is 3. The molecule has 12 heteroatoms. The molecule has 0 atom stereocenters. The van der Waals surface area contributed by atoms with Crippen molar-refractivity contribution in [3.8, 4) is 17.2 Å². The van der Waals surface area contributed by atoms with Crippen molar-refractivity contribution in [3.63, 3.8) is 0 Å². The van der Waals surface area contributed by atoms with Crippen molar-refractivity contribution in [2.75, 3.05) is 32.9 Å². The lowest BCUT2D eigenvalue weighted by atomic mass is 10.1. The fourth-order valence-corrected chi connectivity index (χ4v) is 5.93. The van der Waals surface area contributed by atoms with E-state index < -0.39 is 5.91 Å². The van der Waals surface area contributed by atoms with Crippen molar-refractivity contribution in [2.45, 2.75) is 4.34 Å². The molecule has 8 nitrogen and oxygen atoms in total. The Balaban J connectivity index is 1.53. The first kappa shape index (κ1) is 22.5. The highest BCUT2D eigenvalue weighted by Crippen LogP contribution is 2.39. The molecule has 2 aromatic heterocycles. The molecule has 0 aliphatic rings. The Labute approximate surface area is 201 Å². The molecular weight excluding hydrogens is 489 g/mol. The van der Waals surface area contributed by atoms with E-state index in [-0.39, 0.29) is 5.11 Å². The summed E-state index contributed by atoms with van der Waals surface area (Å²) in [6, 6.07) is 7.00. The molecule has 0 saturated carbocycles. The van der Waals surface area contributed by atoms with Gasteiger partial charge in [-0.2, -0.15) is 0 Å². The fourth-order valence-electron chi connectivity index (χ4n) is 3.01. The summed E-state index contributed by atoms with van der Waals surface area (Å²) in [6.07, 6.45) is 2.00. The minimum Gasteiger partial charge on any atom is -0.493 e. The number of hydrogen-bond acceptors (Lipinski definition) is 10. The van der Waals surface area contributed by atoms with Crippen LogP contribution in [0, 0.1) is 0 Å². The molecule has 4 rings (SSSR count). The Kier molecular flexibility index (Phi) is 6.65. The zero-order chi connectivity index (χ0) is 22.8. The maximum Gasteiger partial charge on any atom is 0.257 e. The van der Waals surface area contributed by atoms with Gasteiger partial charge in [0.15, 0.2) is 26.1 Å². The topological polar surface area (TPSA) is 94.6 Å².